The zero-order valence-corrected chi connectivity index (χ0v) is 15.4. The van der Waals surface area contributed by atoms with E-state index in [1.54, 1.807) is 19.2 Å². The van der Waals surface area contributed by atoms with E-state index in [1.807, 2.05) is 43.3 Å². The second kappa shape index (κ2) is 9.77. The monoisotopic (exact) mass is 360 g/mol. The van der Waals surface area contributed by atoms with Crippen LogP contribution in [0.15, 0.2) is 48.5 Å². The molecule has 1 N–H and O–H groups in total. The quantitative estimate of drug-likeness (QED) is 0.747. The maximum atomic E-state index is 13.5. The molecule has 0 aliphatic carbocycles. The van der Waals surface area contributed by atoms with Crippen molar-refractivity contribution in [1.82, 2.24) is 10.2 Å². The van der Waals surface area contributed by atoms with Crippen LogP contribution in [0.1, 0.15) is 18.0 Å². The van der Waals surface area contributed by atoms with Gasteiger partial charge in [0.25, 0.3) is 0 Å². The largest absolute Gasteiger partial charge is 0.496 e. The Bertz CT molecular complexity index is 722. The number of para-hydroxylation sites is 2. The van der Waals surface area contributed by atoms with E-state index in [2.05, 4.69) is 5.32 Å². The average molecular weight is 360 g/mol. The van der Waals surface area contributed by atoms with Crippen molar-refractivity contribution in [2.75, 3.05) is 34.4 Å². The number of carbonyl (C=O) groups is 1. The summed E-state index contributed by atoms with van der Waals surface area (Å²) in [6.45, 7) is 0.556. The van der Waals surface area contributed by atoms with Gasteiger partial charge in [-0.3, -0.25) is 4.79 Å². The Kier molecular flexibility index (Phi) is 7.41. The third-order valence-electron chi connectivity index (χ3n) is 4.04. The summed E-state index contributed by atoms with van der Waals surface area (Å²) in [6.07, 6.45) is 0.153. The molecule has 1 amide bonds. The van der Waals surface area contributed by atoms with Gasteiger partial charge in [0.2, 0.25) is 5.91 Å². The van der Waals surface area contributed by atoms with E-state index in [0.29, 0.717) is 6.54 Å². The Labute approximate surface area is 153 Å². The van der Waals surface area contributed by atoms with E-state index in [1.165, 1.54) is 12.1 Å². The lowest BCUT2D eigenvalue weighted by molar-refractivity contribution is -0.121. The number of nitrogens with zero attached hydrogens (tertiary/aromatic N) is 1. The molecule has 1 unspecified atom stereocenters. The molecule has 0 aliphatic rings. The van der Waals surface area contributed by atoms with E-state index in [0.717, 1.165) is 11.3 Å². The smallest absolute Gasteiger partial charge is 0.223 e. The van der Waals surface area contributed by atoms with E-state index in [9.17, 15) is 9.18 Å². The van der Waals surface area contributed by atoms with Gasteiger partial charge in [0.15, 0.2) is 11.6 Å². The molecule has 0 fully saturated rings. The number of likely N-dealkylation sites (N-methyl/N-ethyl adjacent to an activating group) is 1. The van der Waals surface area contributed by atoms with Gasteiger partial charge in [-0.2, -0.15) is 0 Å². The van der Waals surface area contributed by atoms with Crippen molar-refractivity contribution >= 4 is 5.91 Å². The summed E-state index contributed by atoms with van der Waals surface area (Å²) in [7, 11) is 5.53. The van der Waals surface area contributed by atoms with Crippen LogP contribution in [-0.4, -0.2) is 45.2 Å². The van der Waals surface area contributed by atoms with E-state index in [-0.39, 0.29) is 30.7 Å². The van der Waals surface area contributed by atoms with Crippen molar-refractivity contribution in [3.8, 4) is 11.5 Å². The first-order chi connectivity index (χ1) is 12.5. The molecule has 26 heavy (non-hydrogen) atoms. The molecule has 0 aromatic heterocycles. The second-order valence-corrected chi connectivity index (χ2v) is 6.05. The highest BCUT2D eigenvalue weighted by Crippen LogP contribution is 2.27. The fourth-order valence-electron chi connectivity index (χ4n) is 2.63. The number of benzene rings is 2. The molecule has 2 aromatic rings. The third kappa shape index (κ3) is 5.46. The van der Waals surface area contributed by atoms with Crippen LogP contribution < -0.4 is 14.8 Å². The molecule has 0 saturated heterocycles. The van der Waals surface area contributed by atoms with Crippen molar-refractivity contribution < 1.29 is 18.7 Å². The molecule has 2 rings (SSSR count). The molecule has 1 atom stereocenters. The van der Waals surface area contributed by atoms with Crippen LogP contribution in [-0.2, 0) is 4.79 Å². The van der Waals surface area contributed by atoms with Gasteiger partial charge >= 0.3 is 0 Å². The number of halogens is 1. The van der Waals surface area contributed by atoms with Gasteiger partial charge < -0.3 is 19.7 Å². The number of hydrogen-bond acceptors (Lipinski definition) is 4. The van der Waals surface area contributed by atoms with Crippen molar-refractivity contribution in [3.05, 3.63) is 59.9 Å². The molecule has 0 saturated carbocycles. The molecule has 6 heteroatoms. The molecular weight excluding hydrogens is 335 g/mol. The molecule has 0 aliphatic heterocycles. The molecule has 0 heterocycles. The molecular formula is C20H25FN2O3. The van der Waals surface area contributed by atoms with Crippen LogP contribution in [0.3, 0.4) is 0 Å². The van der Waals surface area contributed by atoms with Crippen LogP contribution in [0.2, 0.25) is 0 Å². The number of ether oxygens (including phenoxy) is 2. The van der Waals surface area contributed by atoms with Gasteiger partial charge in [-0.25, -0.2) is 4.39 Å². The maximum absolute atomic E-state index is 13.5. The SMILES string of the molecule is COc1ccccc1C(CNC(=O)CCOc1ccccc1F)N(C)C. The molecule has 0 radical (unpaired) electrons. The van der Waals surface area contributed by atoms with Crippen molar-refractivity contribution in [1.29, 1.82) is 0 Å². The summed E-state index contributed by atoms with van der Waals surface area (Å²) in [6, 6.07) is 13.9. The summed E-state index contributed by atoms with van der Waals surface area (Å²) in [4.78, 5) is 14.1. The zero-order chi connectivity index (χ0) is 18.9. The van der Waals surface area contributed by atoms with Crippen molar-refractivity contribution in [2.24, 2.45) is 0 Å². The van der Waals surface area contributed by atoms with E-state index >= 15 is 0 Å². The third-order valence-corrected chi connectivity index (χ3v) is 4.04. The molecule has 5 nitrogen and oxygen atoms in total. The number of carbonyl (C=O) groups excluding carboxylic acids is 1. The minimum absolute atomic E-state index is 0.0254. The zero-order valence-electron chi connectivity index (χ0n) is 15.4. The fraction of sp³-hybridized carbons (Fsp3) is 0.350. The fourth-order valence-corrected chi connectivity index (χ4v) is 2.63. The number of nitrogens with one attached hydrogen (secondary N) is 1. The normalized spacial score (nSPS) is 11.9. The maximum Gasteiger partial charge on any atom is 0.223 e. The summed E-state index contributed by atoms with van der Waals surface area (Å²) in [5.74, 6) is 0.351. The summed E-state index contributed by atoms with van der Waals surface area (Å²) in [5.41, 5.74) is 1.00. The molecule has 0 spiro atoms. The Morgan fingerprint density at radius 2 is 1.77 bits per heavy atom. The summed E-state index contributed by atoms with van der Waals surface area (Å²) >= 11 is 0. The van der Waals surface area contributed by atoms with Gasteiger partial charge in [0.05, 0.1) is 26.2 Å². The van der Waals surface area contributed by atoms with Crippen molar-refractivity contribution in [2.45, 2.75) is 12.5 Å². The van der Waals surface area contributed by atoms with Gasteiger partial charge in [-0.1, -0.05) is 30.3 Å². The van der Waals surface area contributed by atoms with Gasteiger partial charge in [0.1, 0.15) is 5.75 Å². The molecule has 2 aromatic carbocycles. The van der Waals surface area contributed by atoms with E-state index in [4.69, 9.17) is 9.47 Å². The van der Waals surface area contributed by atoms with E-state index < -0.39 is 5.82 Å². The standard InChI is InChI=1S/C20H25FN2O3/c1-23(2)17(15-8-4-6-10-18(15)25-3)14-22-20(24)12-13-26-19-11-7-5-9-16(19)21/h4-11,17H,12-14H2,1-3H3,(H,22,24). The lowest BCUT2D eigenvalue weighted by Gasteiger charge is -2.26. The predicted molar refractivity (Wildman–Crippen MR) is 98.9 cm³/mol. The topological polar surface area (TPSA) is 50.8 Å². The Hall–Kier alpha value is -2.60. The first kappa shape index (κ1) is 19.7. The van der Waals surface area contributed by atoms with Crippen LogP contribution in [0.5, 0.6) is 11.5 Å². The summed E-state index contributed by atoms with van der Waals surface area (Å²) < 4.78 is 24.2. The van der Waals surface area contributed by atoms with Gasteiger partial charge in [-0.05, 0) is 32.3 Å². The first-order valence-electron chi connectivity index (χ1n) is 8.46. The highest BCUT2D eigenvalue weighted by molar-refractivity contribution is 5.76. The minimum Gasteiger partial charge on any atom is -0.496 e. The van der Waals surface area contributed by atoms with Crippen LogP contribution in [0.25, 0.3) is 0 Å². The molecule has 0 bridgehead atoms. The predicted octanol–water partition coefficient (Wildman–Crippen LogP) is 3.02. The molecule has 140 valence electrons. The minimum atomic E-state index is -0.434. The van der Waals surface area contributed by atoms with Crippen molar-refractivity contribution in [3.63, 3.8) is 0 Å². The Morgan fingerprint density at radius 1 is 1.12 bits per heavy atom. The Morgan fingerprint density at radius 3 is 2.42 bits per heavy atom. The highest BCUT2D eigenvalue weighted by Gasteiger charge is 2.19. The highest BCUT2D eigenvalue weighted by atomic mass is 19.1. The van der Waals surface area contributed by atoms with Gasteiger partial charge in [-0.15, -0.1) is 0 Å². The number of hydrogen-bond donors (Lipinski definition) is 1. The lowest BCUT2D eigenvalue weighted by Crippen LogP contribution is -2.35. The Balaban J connectivity index is 1.87. The summed E-state index contributed by atoms with van der Waals surface area (Å²) in [5, 5.41) is 2.90. The van der Waals surface area contributed by atoms with Crippen LogP contribution in [0, 0.1) is 5.82 Å². The number of amides is 1. The first-order valence-corrected chi connectivity index (χ1v) is 8.46. The van der Waals surface area contributed by atoms with Crippen LogP contribution >= 0.6 is 0 Å². The average Bonchev–Trinajstić information content (AvgIpc) is 2.63. The lowest BCUT2D eigenvalue weighted by atomic mass is 10.0. The van der Waals surface area contributed by atoms with Gasteiger partial charge in [0, 0.05) is 12.1 Å². The second-order valence-electron chi connectivity index (χ2n) is 6.05. The number of rotatable bonds is 9. The number of methoxy groups -OCH3 is 1. The van der Waals surface area contributed by atoms with Crippen LogP contribution in [0.4, 0.5) is 4.39 Å².